The van der Waals surface area contributed by atoms with Gasteiger partial charge in [0.25, 0.3) is 6.43 Å². The zero-order valence-electron chi connectivity index (χ0n) is 14.0. The van der Waals surface area contributed by atoms with Gasteiger partial charge in [-0.2, -0.15) is 0 Å². The lowest BCUT2D eigenvalue weighted by Gasteiger charge is -2.10. The first-order chi connectivity index (χ1) is 12.5. The van der Waals surface area contributed by atoms with Gasteiger partial charge in [-0.3, -0.25) is 4.98 Å². The van der Waals surface area contributed by atoms with E-state index in [4.69, 9.17) is 5.11 Å². The fourth-order valence-corrected chi connectivity index (χ4v) is 2.43. The Morgan fingerprint density at radius 1 is 1.12 bits per heavy atom. The highest BCUT2D eigenvalue weighted by atomic mass is 19.3. The van der Waals surface area contributed by atoms with Crippen molar-refractivity contribution in [3.05, 3.63) is 72.0 Å². The molecular formula is C19H17F2N4O. The van der Waals surface area contributed by atoms with E-state index in [0.717, 1.165) is 11.1 Å². The highest BCUT2D eigenvalue weighted by Gasteiger charge is 2.09. The van der Waals surface area contributed by atoms with Gasteiger partial charge in [0.1, 0.15) is 11.6 Å². The molecule has 7 heteroatoms. The lowest BCUT2D eigenvalue weighted by Crippen LogP contribution is -1.99. The summed E-state index contributed by atoms with van der Waals surface area (Å²) >= 11 is 0. The molecule has 0 bridgehead atoms. The lowest BCUT2D eigenvalue weighted by atomic mass is 10.1. The maximum absolute atomic E-state index is 12.8. The van der Waals surface area contributed by atoms with Crippen molar-refractivity contribution in [1.82, 2.24) is 15.0 Å². The molecule has 2 N–H and O–H groups in total. The van der Waals surface area contributed by atoms with E-state index in [-0.39, 0.29) is 12.2 Å². The molecule has 1 radical (unpaired) electrons. The van der Waals surface area contributed by atoms with Gasteiger partial charge in [-0.25, -0.2) is 18.7 Å². The summed E-state index contributed by atoms with van der Waals surface area (Å²) in [5, 5.41) is 11.9. The van der Waals surface area contributed by atoms with Gasteiger partial charge in [0.2, 0.25) is 0 Å². The van der Waals surface area contributed by atoms with Gasteiger partial charge in [0.15, 0.2) is 0 Å². The van der Waals surface area contributed by atoms with Crippen LogP contribution >= 0.6 is 0 Å². The maximum atomic E-state index is 12.8. The zero-order valence-corrected chi connectivity index (χ0v) is 14.0. The van der Waals surface area contributed by atoms with E-state index in [9.17, 15) is 8.78 Å². The fraction of sp³-hybridized carbons (Fsp3) is 0.158. The normalized spacial score (nSPS) is 11.0. The van der Waals surface area contributed by atoms with Crippen LogP contribution in [-0.2, 0) is 0 Å². The Hall–Kier alpha value is -2.93. The number of aliphatic hydroxyl groups excluding tert-OH is 1. The van der Waals surface area contributed by atoms with E-state index in [1.807, 2.05) is 25.1 Å². The standard InChI is InChI=1S/C19H17F2N4O/c1-12-8-16(14-2-3-15(5-7-26)23-11-14)24-18(9-12)25-17-10-13(19(20)21)4-6-22-17/h2-6,8-11,19,26H,7H2,1H3,(H,22,24,25). The van der Waals surface area contributed by atoms with Crippen molar-refractivity contribution in [2.75, 3.05) is 11.9 Å². The van der Waals surface area contributed by atoms with Crippen LogP contribution in [-0.4, -0.2) is 26.7 Å². The number of hydrogen-bond acceptors (Lipinski definition) is 5. The molecule has 0 atom stereocenters. The van der Waals surface area contributed by atoms with Gasteiger partial charge in [0.05, 0.1) is 12.3 Å². The molecule has 5 nitrogen and oxygen atoms in total. The highest BCUT2D eigenvalue weighted by molar-refractivity contribution is 5.64. The average Bonchev–Trinajstić information content (AvgIpc) is 2.62. The Morgan fingerprint density at radius 3 is 2.65 bits per heavy atom. The molecule has 3 heterocycles. The minimum Gasteiger partial charge on any atom is -0.396 e. The van der Waals surface area contributed by atoms with Crippen molar-refractivity contribution in [1.29, 1.82) is 0 Å². The van der Waals surface area contributed by atoms with Crippen molar-refractivity contribution in [2.45, 2.75) is 13.3 Å². The molecule has 133 valence electrons. The zero-order chi connectivity index (χ0) is 18.5. The highest BCUT2D eigenvalue weighted by Crippen LogP contribution is 2.24. The Labute approximate surface area is 149 Å². The monoisotopic (exact) mass is 355 g/mol. The quantitative estimate of drug-likeness (QED) is 0.697. The minimum atomic E-state index is -2.56. The van der Waals surface area contributed by atoms with Crippen LogP contribution in [0.2, 0.25) is 0 Å². The molecule has 0 unspecified atom stereocenters. The van der Waals surface area contributed by atoms with Gasteiger partial charge in [0, 0.05) is 35.6 Å². The molecule has 0 saturated carbocycles. The topological polar surface area (TPSA) is 70.9 Å². The first-order valence-corrected chi connectivity index (χ1v) is 7.95. The number of anilines is 2. The number of aryl methyl sites for hydroxylation is 1. The summed E-state index contributed by atoms with van der Waals surface area (Å²) in [4.78, 5) is 12.8. The van der Waals surface area contributed by atoms with Crippen LogP contribution in [0.3, 0.4) is 0 Å². The molecule has 0 aliphatic heterocycles. The predicted molar refractivity (Wildman–Crippen MR) is 95.2 cm³/mol. The van der Waals surface area contributed by atoms with E-state index >= 15 is 0 Å². The molecule has 0 spiro atoms. The Morgan fingerprint density at radius 2 is 1.96 bits per heavy atom. The van der Waals surface area contributed by atoms with Crippen LogP contribution in [0.25, 0.3) is 11.3 Å². The van der Waals surface area contributed by atoms with Crippen LogP contribution in [0.15, 0.2) is 48.8 Å². The van der Waals surface area contributed by atoms with Crippen LogP contribution in [0, 0.1) is 13.3 Å². The van der Waals surface area contributed by atoms with Crippen molar-refractivity contribution in [3.63, 3.8) is 0 Å². The van der Waals surface area contributed by atoms with Gasteiger partial charge >= 0.3 is 0 Å². The average molecular weight is 355 g/mol. The molecule has 0 saturated heterocycles. The van der Waals surface area contributed by atoms with Gasteiger partial charge in [-0.1, -0.05) is 0 Å². The van der Waals surface area contributed by atoms with Crippen LogP contribution in [0.4, 0.5) is 20.4 Å². The molecule has 0 aromatic carbocycles. The number of pyridine rings is 3. The summed E-state index contributed by atoms with van der Waals surface area (Å²) in [6.07, 6.45) is 2.05. The van der Waals surface area contributed by atoms with Crippen molar-refractivity contribution in [2.24, 2.45) is 0 Å². The van der Waals surface area contributed by atoms with Gasteiger partial charge in [-0.05, 0) is 48.9 Å². The van der Waals surface area contributed by atoms with Crippen LogP contribution < -0.4 is 5.32 Å². The lowest BCUT2D eigenvalue weighted by molar-refractivity contribution is 0.151. The summed E-state index contributed by atoms with van der Waals surface area (Å²) in [6.45, 7) is 1.84. The summed E-state index contributed by atoms with van der Waals surface area (Å²) in [7, 11) is 0. The SMILES string of the molecule is Cc1cc(Nc2cc(C(F)F)ccn2)nc(-c2ccc([CH]CO)nc2)c1. The number of aliphatic hydroxyl groups is 1. The van der Waals surface area contributed by atoms with E-state index in [1.54, 1.807) is 18.7 Å². The second kappa shape index (κ2) is 7.97. The minimum absolute atomic E-state index is 0.0756. The smallest absolute Gasteiger partial charge is 0.264 e. The number of nitrogens with one attached hydrogen (secondary N) is 1. The Kier molecular flexibility index (Phi) is 5.48. The maximum Gasteiger partial charge on any atom is 0.264 e. The molecule has 3 aromatic rings. The van der Waals surface area contributed by atoms with Crippen molar-refractivity contribution < 1.29 is 13.9 Å². The first kappa shape index (κ1) is 17.9. The third-order valence-corrected chi connectivity index (χ3v) is 3.64. The van der Waals surface area contributed by atoms with Crippen LogP contribution in [0.5, 0.6) is 0 Å². The number of halogens is 2. The summed E-state index contributed by atoms with van der Waals surface area (Å²) in [6, 6.07) is 9.94. The largest absolute Gasteiger partial charge is 0.396 e. The van der Waals surface area contributed by atoms with Gasteiger partial charge in [-0.15, -0.1) is 0 Å². The van der Waals surface area contributed by atoms with E-state index in [1.165, 1.54) is 18.3 Å². The molecule has 0 aliphatic rings. The van der Waals surface area contributed by atoms with Crippen LogP contribution in [0.1, 0.15) is 23.2 Å². The molecule has 0 amide bonds. The third kappa shape index (κ3) is 4.37. The Bertz CT molecular complexity index is 885. The predicted octanol–water partition coefficient (Wildman–Crippen LogP) is 4.07. The second-order valence-electron chi connectivity index (χ2n) is 5.67. The van der Waals surface area contributed by atoms with Crippen molar-refractivity contribution >= 4 is 11.6 Å². The van der Waals surface area contributed by atoms with Crippen molar-refractivity contribution in [3.8, 4) is 11.3 Å². The number of aromatic nitrogens is 3. The molecule has 3 aromatic heterocycles. The number of rotatable bonds is 6. The molecule has 0 aliphatic carbocycles. The second-order valence-corrected chi connectivity index (χ2v) is 5.67. The number of nitrogens with zero attached hydrogens (tertiary/aromatic N) is 3. The van der Waals surface area contributed by atoms with E-state index in [2.05, 4.69) is 20.3 Å². The summed E-state index contributed by atoms with van der Waals surface area (Å²) in [5.41, 5.74) is 3.03. The summed E-state index contributed by atoms with van der Waals surface area (Å²) in [5.74, 6) is 0.808. The molecule has 3 rings (SSSR count). The molecule has 0 fully saturated rings. The number of hydrogen-bond donors (Lipinski definition) is 2. The third-order valence-electron chi connectivity index (χ3n) is 3.64. The first-order valence-electron chi connectivity index (χ1n) is 7.95. The summed E-state index contributed by atoms with van der Waals surface area (Å²) < 4.78 is 25.7. The number of alkyl halides is 2. The van der Waals surface area contributed by atoms with Gasteiger partial charge < -0.3 is 10.4 Å². The molecule has 26 heavy (non-hydrogen) atoms. The fourth-order valence-electron chi connectivity index (χ4n) is 2.43. The molecular weight excluding hydrogens is 338 g/mol. The van der Waals surface area contributed by atoms with E-state index < -0.39 is 6.43 Å². The Balaban J connectivity index is 1.87. The van der Waals surface area contributed by atoms with E-state index in [0.29, 0.717) is 23.0 Å².